The molecule has 0 aliphatic rings. The van der Waals surface area contributed by atoms with Crippen molar-refractivity contribution in [2.24, 2.45) is 11.7 Å². The van der Waals surface area contributed by atoms with Crippen LogP contribution in [0, 0.1) is 5.92 Å². The van der Waals surface area contributed by atoms with Gasteiger partial charge in [-0.2, -0.15) is 0 Å². The molecule has 1 aromatic rings. The number of carboxylic acids is 1. The Kier molecular flexibility index (Phi) is 5.31. The summed E-state index contributed by atoms with van der Waals surface area (Å²) in [6, 6.07) is 9.14. The van der Waals surface area contributed by atoms with E-state index in [0.717, 1.165) is 5.56 Å². The molecule has 4 nitrogen and oxygen atoms in total. The fraction of sp³-hybridized carbons (Fsp3) is 0.500. The zero-order chi connectivity index (χ0) is 13.6. The van der Waals surface area contributed by atoms with Gasteiger partial charge in [0.1, 0.15) is 0 Å². The van der Waals surface area contributed by atoms with Crippen LogP contribution in [0.3, 0.4) is 0 Å². The number of carboxylic acid groups (broad SMARTS) is 1. The predicted molar refractivity (Wildman–Crippen MR) is 70.0 cm³/mol. The first kappa shape index (κ1) is 14.7. The Labute approximate surface area is 107 Å². The number of rotatable bonds is 7. The minimum Gasteiger partial charge on any atom is -0.481 e. The largest absolute Gasteiger partial charge is 0.481 e. The molecule has 0 aliphatic carbocycles. The molecule has 100 valence electrons. The highest BCUT2D eigenvalue weighted by atomic mass is 16.4. The summed E-state index contributed by atoms with van der Waals surface area (Å²) >= 11 is 0. The number of nitrogens with two attached hydrogens (primary N) is 1. The number of aliphatic carboxylic acids is 1. The molecule has 0 spiro atoms. The van der Waals surface area contributed by atoms with E-state index in [9.17, 15) is 9.90 Å². The lowest BCUT2D eigenvalue weighted by Crippen LogP contribution is -2.29. The maximum absolute atomic E-state index is 11.2. The quantitative estimate of drug-likeness (QED) is 0.689. The summed E-state index contributed by atoms with van der Waals surface area (Å²) in [5, 5.41) is 19.6. The molecule has 18 heavy (non-hydrogen) atoms. The van der Waals surface area contributed by atoms with Gasteiger partial charge in [-0.05, 0) is 38.3 Å². The Hall–Kier alpha value is -1.39. The van der Waals surface area contributed by atoms with Crippen LogP contribution in [0.25, 0.3) is 0 Å². The van der Waals surface area contributed by atoms with Crippen LogP contribution in [-0.4, -0.2) is 22.7 Å². The summed E-state index contributed by atoms with van der Waals surface area (Å²) in [6.07, 6.45) is 1.35. The third kappa shape index (κ3) is 4.13. The maximum atomic E-state index is 11.2. The molecule has 0 saturated carbocycles. The van der Waals surface area contributed by atoms with Crippen molar-refractivity contribution < 1.29 is 15.0 Å². The SMILES string of the molecule is CC(O)(CC(CCCN)C(=O)O)c1ccccc1. The van der Waals surface area contributed by atoms with Crippen LogP contribution in [0.4, 0.5) is 0 Å². The standard InChI is InChI=1S/C14H21NO3/c1-14(18,12-7-3-2-4-8-12)10-11(13(16)17)6-5-9-15/h2-4,7-8,11,18H,5-6,9-10,15H2,1H3,(H,16,17). The number of hydrogen-bond donors (Lipinski definition) is 3. The van der Waals surface area contributed by atoms with E-state index >= 15 is 0 Å². The highest BCUT2D eigenvalue weighted by molar-refractivity contribution is 5.70. The molecule has 0 radical (unpaired) electrons. The highest BCUT2D eigenvalue weighted by Crippen LogP contribution is 2.30. The van der Waals surface area contributed by atoms with Crippen LogP contribution < -0.4 is 5.73 Å². The van der Waals surface area contributed by atoms with Crippen molar-refractivity contribution in [3.8, 4) is 0 Å². The second-order valence-corrected chi connectivity index (χ2v) is 4.81. The van der Waals surface area contributed by atoms with E-state index in [-0.39, 0.29) is 6.42 Å². The summed E-state index contributed by atoms with van der Waals surface area (Å²) in [5.41, 5.74) is 5.01. The van der Waals surface area contributed by atoms with Crippen LogP contribution >= 0.6 is 0 Å². The Morgan fingerprint density at radius 3 is 2.50 bits per heavy atom. The molecule has 0 heterocycles. The predicted octanol–water partition coefficient (Wildman–Crippen LogP) is 1.72. The molecule has 4 N–H and O–H groups in total. The maximum Gasteiger partial charge on any atom is 0.306 e. The smallest absolute Gasteiger partial charge is 0.306 e. The molecule has 4 heteroatoms. The van der Waals surface area contributed by atoms with Gasteiger partial charge in [0.05, 0.1) is 11.5 Å². The molecule has 2 unspecified atom stereocenters. The molecule has 2 atom stereocenters. The highest BCUT2D eigenvalue weighted by Gasteiger charge is 2.30. The van der Waals surface area contributed by atoms with Crippen molar-refractivity contribution in [2.45, 2.75) is 31.8 Å². The zero-order valence-corrected chi connectivity index (χ0v) is 10.7. The van der Waals surface area contributed by atoms with Gasteiger partial charge in [-0.1, -0.05) is 30.3 Å². The van der Waals surface area contributed by atoms with Crippen molar-refractivity contribution in [2.75, 3.05) is 6.54 Å². The van der Waals surface area contributed by atoms with Gasteiger partial charge in [0.15, 0.2) is 0 Å². The van der Waals surface area contributed by atoms with Gasteiger partial charge in [0.25, 0.3) is 0 Å². The first-order chi connectivity index (χ1) is 8.47. The first-order valence-electron chi connectivity index (χ1n) is 6.18. The fourth-order valence-electron chi connectivity index (χ4n) is 2.07. The van der Waals surface area contributed by atoms with Crippen molar-refractivity contribution in [1.82, 2.24) is 0 Å². The lowest BCUT2D eigenvalue weighted by Gasteiger charge is -2.27. The first-order valence-corrected chi connectivity index (χ1v) is 6.18. The van der Waals surface area contributed by atoms with E-state index < -0.39 is 17.5 Å². The van der Waals surface area contributed by atoms with E-state index in [1.807, 2.05) is 30.3 Å². The molecular formula is C14H21NO3. The minimum atomic E-state index is -1.13. The van der Waals surface area contributed by atoms with Gasteiger partial charge < -0.3 is 15.9 Å². The van der Waals surface area contributed by atoms with Crippen molar-refractivity contribution >= 4 is 5.97 Å². The summed E-state index contributed by atoms with van der Waals surface area (Å²) in [7, 11) is 0. The molecule has 0 bridgehead atoms. The molecule has 0 amide bonds. The fourth-order valence-corrected chi connectivity index (χ4v) is 2.07. The van der Waals surface area contributed by atoms with E-state index in [4.69, 9.17) is 10.8 Å². The van der Waals surface area contributed by atoms with E-state index in [2.05, 4.69) is 0 Å². The number of carbonyl (C=O) groups is 1. The lowest BCUT2D eigenvalue weighted by atomic mass is 9.84. The lowest BCUT2D eigenvalue weighted by molar-refractivity contribution is -0.144. The van der Waals surface area contributed by atoms with Crippen LogP contribution in [0.1, 0.15) is 31.7 Å². The average Bonchev–Trinajstić information content (AvgIpc) is 2.35. The average molecular weight is 251 g/mol. The van der Waals surface area contributed by atoms with Crippen molar-refractivity contribution in [3.05, 3.63) is 35.9 Å². The summed E-state index contributed by atoms with van der Waals surface area (Å²) in [5.74, 6) is -1.44. The summed E-state index contributed by atoms with van der Waals surface area (Å²) < 4.78 is 0. The van der Waals surface area contributed by atoms with Gasteiger partial charge in [0.2, 0.25) is 0 Å². The van der Waals surface area contributed by atoms with Crippen LogP contribution in [0.2, 0.25) is 0 Å². The summed E-state index contributed by atoms with van der Waals surface area (Å²) in [6.45, 7) is 2.12. The topological polar surface area (TPSA) is 83.5 Å². The Bertz CT molecular complexity index is 376. The molecule has 0 fully saturated rings. The molecule has 0 aromatic heterocycles. The number of aliphatic hydroxyl groups is 1. The van der Waals surface area contributed by atoms with Crippen LogP contribution in [0.15, 0.2) is 30.3 Å². The summed E-state index contributed by atoms with van der Waals surface area (Å²) in [4.78, 5) is 11.2. The number of hydrogen-bond acceptors (Lipinski definition) is 3. The van der Waals surface area contributed by atoms with Crippen LogP contribution in [0.5, 0.6) is 0 Å². The molecule has 1 rings (SSSR count). The second-order valence-electron chi connectivity index (χ2n) is 4.81. The van der Waals surface area contributed by atoms with Gasteiger partial charge >= 0.3 is 5.97 Å². The zero-order valence-electron chi connectivity index (χ0n) is 10.7. The van der Waals surface area contributed by atoms with Crippen LogP contribution in [-0.2, 0) is 10.4 Å². The van der Waals surface area contributed by atoms with E-state index in [1.165, 1.54) is 0 Å². The van der Waals surface area contributed by atoms with Gasteiger partial charge in [0, 0.05) is 0 Å². The van der Waals surface area contributed by atoms with E-state index in [0.29, 0.717) is 19.4 Å². The van der Waals surface area contributed by atoms with Gasteiger partial charge in [-0.15, -0.1) is 0 Å². The Morgan fingerprint density at radius 2 is 2.00 bits per heavy atom. The van der Waals surface area contributed by atoms with Crippen molar-refractivity contribution in [3.63, 3.8) is 0 Å². The molecule has 0 saturated heterocycles. The molecule has 0 aliphatic heterocycles. The van der Waals surface area contributed by atoms with E-state index in [1.54, 1.807) is 6.92 Å². The van der Waals surface area contributed by atoms with Crippen molar-refractivity contribution in [1.29, 1.82) is 0 Å². The minimum absolute atomic E-state index is 0.201. The third-order valence-electron chi connectivity index (χ3n) is 3.15. The molecular weight excluding hydrogens is 230 g/mol. The Morgan fingerprint density at radius 1 is 1.39 bits per heavy atom. The Balaban J connectivity index is 2.76. The monoisotopic (exact) mass is 251 g/mol. The van der Waals surface area contributed by atoms with Gasteiger partial charge in [-0.3, -0.25) is 4.79 Å². The molecule has 1 aromatic carbocycles. The number of benzene rings is 1. The second kappa shape index (κ2) is 6.52. The van der Waals surface area contributed by atoms with Gasteiger partial charge in [-0.25, -0.2) is 0 Å². The third-order valence-corrected chi connectivity index (χ3v) is 3.15. The normalized spacial score (nSPS) is 15.9.